The summed E-state index contributed by atoms with van der Waals surface area (Å²) in [6.45, 7) is 1.01. The maximum atomic E-state index is 4.16. The van der Waals surface area contributed by atoms with Crippen molar-refractivity contribution < 1.29 is 0 Å². The summed E-state index contributed by atoms with van der Waals surface area (Å²) in [5.41, 5.74) is 0. The Morgan fingerprint density at radius 3 is 2.87 bits per heavy atom. The molecule has 0 atom stereocenters. The number of aromatic nitrogens is 2. The third-order valence-electron chi connectivity index (χ3n) is 2.72. The minimum absolute atomic E-state index is 0.856. The van der Waals surface area contributed by atoms with E-state index in [9.17, 15) is 0 Å². The van der Waals surface area contributed by atoms with Crippen LogP contribution >= 0.6 is 0 Å². The van der Waals surface area contributed by atoms with Crippen molar-refractivity contribution >= 4 is 11.6 Å². The Morgan fingerprint density at radius 2 is 2.13 bits per heavy atom. The average molecular weight is 206 g/mol. The fourth-order valence-electron chi connectivity index (χ4n) is 1.60. The monoisotopic (exact) mass is 206 g/mol. The van der Waals surface area contributed by atoms with Gasteiger partial charge in [0.2, 0.25) is 0 Å². The average Bonchev–Trinajstić information content (AvgIpc) is 3.09. The minimum atomic E-state index is 0.856. The lowest BCUT2D eigenvalue weighted by atomic mass is 10.2. The van der Waals surface area contributed by atoms with Crippen molar-refractivity contribution in [2.24, 2.45) is 5.92 Å². The van der Waals surface area contributed by atoms with Gasteiger partial charge in [-0.05, 0) is 18.8 Å². The number of anilines is 2. The van der Waals surface area contributed by atoms with E-state index in [0.29, 0.717) is 0 Å². The number of hydrogen-bond acceptors (Lipinski definition) is 4. The molecular formula is C11H18N4. The summed E-state index contributed by atoms with van der Waals surface area (Å²) >= 11 is 0. The first-order valence-electron chi connectivity index (χ1n) is 5.62. The molecule has 0 spiro atoms. The number of rotatable bonds is 6. The van der Waals surface area contributed by atoms with Crippen LogP contribution < -0.4 is 10.6 Å². The molecule has 1 saturated carbocycles. The van der Waals surface area contributed by atoms with Crippen LogP contribution in [0.15, 0.2) is 12.4 Å². The molecule has 0 unspecified atom stereocenters. The maximum Gasteiger partial charge on any atom is 0.131 e. The lowest BCUT2D eigenvalue weighted by molar-refractivity contribution is 0.686. The molecule has 0 radical (unpaired) electrons. The lowest BCUT2D eigenvalue weighted by Gasteiger charge is -2.06. The highest BCUT2D eigenvalue weighted by atomic mass is 15.0. The normalized spacial score (nSPS) is 15.0. The molecule has 0 bridgehead atoms. The molecular weight excluding hydrogens is 188 g/mol. The second kappa shape index (κ2) is 4.96. The molecule has 0 aliphatic heterocycles. The van der Waals surface area contributed by atoms with Crippen LogP contribution in [0.2, 0.25) is 0 Å². The fraction of sp³-hybridized carbons (Fsp3) is 0.636. The third kappa shape index (κ3) is 3.38. The van der Waals surface area contributed by atoms with E-state index in [2.05, 4.69) is 20.6 Å². The zero-order valence-electron chi connectivity index (χ0n) is 9.16. The topological polar surface area (TPSA) is 49.8 Å². The lowest BCUT2D eigenvalue weighted by Crippen LogP contribution is -2.04. The van der Waals surface area contributed by atoms with Crippen LogP contribution in [0.3, 0.4) is 0 Å². The second-order valence-corrected chi connectivity index (χ2v) is 4.05. The van der Waals surface area contributed by atoms with Crippen molar-refractivity contribution in [2.75, 3.05) is 24.2 Å². The summed E-state index contributed by atoms with van der Waals surface area (Å²) in [7, 11) is 1.86. The predicted octanol–water partition coefficient (Wildman–Crippen LogP) is 2.12. The Labute approximate surface area is 90.5 Å². The first-order chi connectivity index (χ1) is 7.38. The van der Waals surface area contributed by atoms with E-state index in [-0.39, 0.29) is 0 Å². The largest absolute Gasteiger partial charge is 0.373 e. The summed E-state index contributed by atoms with van der Waals surface area (Å²) in [4.78, 5) is 8.22. The fourth-order valence-corrected chi connectivity index (χ4v) is 1.60. The van der Waals surface area contributed by atoms with Gasteiger partial charge in [-0.25, -0.2) is 9.97 Å². The van der Waals surface area contributed by atoms with Crippen molar-refractivity contribution in [1.82, 2.24) is 9.97 Å². The number of nitrogens with zero attached hydrogens (tertiary/aromatic N) is 2. The standard InChI is InChI=1S/C11H18N4/c1-12-10-7-11(15-8-14-10)13-6-2-3-9-4-5-9/h7-9H,2-6H2,1H3,(H2,12,13,14,15). The molecule has 0 saturated heterocycles. The highest BCUT2D eigenvalue weighted by Crippen LogP contribution is 2.33. The van der Waals surface area contributed by atoms with Crippen LogP contribution in [0, 0.1) is 5.92 Å². The van der Waals surface area contributed by atoms with Crippen LogP contribution in [0.25, 0.3) is 0 Å². The van der Waals surface area contributed by atoms with E-state index in [1.54, 1.807) is 6.33 Å². The molecule has 1 fully saturated rings. The van der Waals surface area contributed by atoms with Crippen LogP contribution in [0.5, 0.6) is 0 Å². The van der Waals surface area contributed by atoms with Gasteiger partial charge in [0.25, 0.3) is 0 Å². The minimum Gasteiger partial charge on any atom is -0.373 e. The third-order valence-corrected chi connectivity index (χ3v) is 2.72. The van der Waals surface area contributed by atoms with E-state index in [4.69, 9.17) is 0 Å². The van der Waals surface area contributed by atoms with Crippen molar-refractivity contribution in [3.63, 3.8) is 0 Å². The zero-order valence-corrected chi connectivity index (χ0v) is 9.16. The zero-order chi connectivity index (χ0) is 10.5. The van der Waals surface area contributed by atoms with Crippen molar-refractivity contribution in [2.45, 2.75) is 25.7 Å². The van der Waals surface area contributed by atoms with E-state index >= 15 is 0 Å². The first kappa shape index (κ1) is 10.2. The number of nitrogens with one attached hydrogen (secondary N) is 2. The summed E-state index contributed by atoms with van der Waals surface area (Å²) in [6, 6.07) is 1.93. The van der Waals surface area contributed by atoms with E-state index < -0.39 is 0 Å². The van der Waals surface area contributed by atoms with E-state index in [1.165, 1.54) is 25.7 Å². The van der Waals surface area contributed by atoms with Gasteiger partial charge in [0.15, 0.2) is 0 Å². The Hall–Kier alpha value is -1.32. The molecule has 4 heteroatoms. The number of hydrogen-bond donors (Lipinski definition) is 2. The Balaban J connectivity index is 1.71. The Morgan fingerprint density at radius 1 is 1.33 bits per heavy atom. The van der Waals surface area contributed by atoms with Crippen LogP contribution in [0.1, 0.15) is 25.7 Å². The summed E-state index contributed by atoms with van der Waals surface area (Å²) in [6.07, 6.45) is 7.06. The molecule has 1 aliphatic carbocycles. The quantitative estimate of drug-likeness (QED) is 0.700. The molecule has 2 rings (SSSR count). The molecule has 1 aromatic heterocycles. The second-order valence-electron chi connectivity index (χ2n) is 4.05. The van der Waals surface area contributed by atoms with Gasteiger partial charge in [-0.2, -0.15) is 0 Å². The van der Waals surface area contributed by atoms with Crippen molar-refractivity contribution in [3.8, 4) is 0 Å². The molecule has 1 aromatic rings. The highest BCUT2D eigenvalue weighted by molar-refractivity contribution is 5.45. The molecule has 82 valence electrons. The molecule has 15 heavy (non-hydrogen) atoms. The Bertz CT molecular complexity index is 309. The SMILES string of the molecule is CNc1cc(NCCCC2CC2)ncn1. The molecule has 0 amide bonds. The van der Waals surface area contributed by atoms with Crippen LogP contribution in [0.4, 0.5) is 11.6 Å². The van der Waals surface area contributed by atoms with Gasteiger partial charge in [0.1, 0.15) is 18.0 Å². The van der Waals surface area contributed by atoms with Gasteiger partial charge in [-0.15, -0.1) is 0 Å². The molecule has 1 heterocycles. The first-order valence-corrected chi connectivity index (χ1v) is 5.62. The van der Waals surface area contributed by atoms with Crippen LogP contribution in [-0.2, 0) is 0 Å². The molecule has 1 aliphatic rings. The van der Waals surface area contributed by atoms with Gasteiger partial charge in [-0.1, -0.05) is 12.8 Å². The summed E-state index contributed by atoms with van der Waals surface area (Å²) in [5.74, 6) is 2.78. The predicted molar refractivity (Wildman–Crippen MR) is 62.0 cm³/mol. The van der Waals surface area contributed by atoms with Gasteiger partial charge in [0.05, 0.1) is 0 Å². The maximum absolute atomic E-state index is 4.16. The van der Waals surface area contributed by atoms with E-state index in [1.807, 2.05) is 13.1 Å². The molecule has 4 nitrogen and oxygen atoms in total. The Kier molecular flexibility index (Phi) is 3.37. The van der Waals surface area contributed by atoms with E-state index in [0.717, 1.165) is 24.1 Å². The van der Waals surface area contributed by atoms with Crippen LogP contribution in [-0.4, -0.2) is 23.6 Å². The highest BCUT2D eigenvalue weighted by Gasteiger charge is 2.19. The van der Waals surface area contributed by atoms with Gasteiger partial charge in [-0.3, -0.25) is 0 Å². The van der Waals surface area contributed by atoms with Gasteiger partial charge < -0.3 is 10.6 Å². The summed E-state index contributed by atoms with van der Waals surface area (Å²) in [5, 5.41) is 6.31. The molecule has 2 N–H and O–H groups in total. The van der Waals surface area contributed by atoms with Gasteiger partial charge in [0, 0.05) is 19.7 Å². The van der Waals surface area contributed by atoms with Gasteiger partial charge >= 0.3 is 0 Å². The van der Waals surface area contributed by atoms with Crippen molar-refractivity contribution in [3.05, 3.63) is 12.4 Å². The summed E-state index contributed by atoms with van der Waals surface area (Å²) < 4.78 is 0. The van der Waals surface area contributed by atoms with Crippen molar-refractivity contribution in [1.29, 1.82) is 0 Å². The smallest absolute Gasteiger partial charge is 0.131 e. The molecule has 0 aromatic carbocycles.